The third-order valence-electron chi connectivity index (χ3n) is 6.84. The Kier molecular flexibility index (Phi) is 7.93. The Morgan fingerprint density at radius 3 is 2.16 bits per heavy atom. The molecule has 2 heterocycles. The summed E-state index contributed by atoms with van der Waals surface area (Å²) in [5.74, 6) is 0.131. The van der Waals surface area contributed by atoms with E-state index in [4.69, 9.17) is 9.47 Å². The molecule has 0 aliphatic carbocycles. The van der Waals surface area contributed by atoms with Crippen LogP contribution in [0.3, 0.4) is 0 Å². The van der Waals surface area contributed by atoms with E-state index < -0.39 is 11.9 Å². The summed E-state index contributed by atoms with van der Waals surface area (Å²) in [7, 11) is 3.10. The molecule has 8 nitrogen and oxygen atoms in total. The molecule has 2 saturated heterocycles. The number of nitrogens with zero attached hydrogens (tertiary/aromatic N) is 3. The standard InChI is InChI=1S/C26H30F3N3O5/c1-35-14-13-32-24(34)31(18-20-6-3-7-21(15-20)36-2)23(33)25(32)9-11-30(12-10-25)17-19-5-4-8-22(16-19)37-26(27,28)29/h3-8,15-16H,9-14,17-18H2,1-2H3. The summed E-state index contributed by atoms with van der Waals surface area (Å²) in [5, 5.41) is 0. The number of hydrogen-bond donors (Lipinski definition) is 0. The number of piperidine rings is 1. The molecule has 0 atom stereocenters. The Bertz CT molecular complexity index is 1120. The van der Waals surface area contributed by atoms with E-state index in [9.17, 15) is 22.8 Å². The average molecular weight is 522 g/mol. The van der Waals surface area contributed by atoms with Crippen molar-refractivity contribution in [2.75, 3.05) is 40.5 Å². The lowest BCUT2D eigenvalue weighted by Crippen LogP contribution is -2.57. The number of rotatable bonds is 9. The summed E-state index contributed by atoms with van der Waals surface area (Å²) in [6.07, 6.45) is -3.93. The Hall–Kier alpha value is -3.31. The van der Waals surface area contributed by atoms with Crippen LogP contribution in [0.15, 0.2) is 48.5 Å². The normalized spacial score (nSPS) is 18.1. The van der Waals surface area contributed by atoms with Gasteiger partial charge in [-0.3, -0.25) is 14.6 Å². The molecule has 2 aromatic rings. The van der Waals surface area contributed by atoms with Crippen molar-refractivity contribution in [2.24, 2.45) is 0 Å². The SMILES string of the molecule is COCCN1C(=O)N(Cc2cccc(OC)c2)C(=O)C12CCN(Cc1cccc(OC(F)(F)F)c1)CC2. The lowest BCUT2D eigenvalue weighted by Gasteiger charge is -2.42. The van der Waals surface area contributed by atoms with Crippen molar-refractivity contribution in [1.29, 1.82) is 0 Å². The van der Waals surface area contributed by atoms with Crippen LogP contribution in [-0.4, -0.2) is 79.0 Å². The fourth-order valence-corrected chi connectivity index (χ4v) is 5.03. The van der Waals surface area contributed by atoms with Crippen molar-refractivity contribution in [3.05, 3.63) is 59.7 Å². The third kappa shape index (κ3) is 5.99. The number of imide groups is 1. The summed E-state index contributed by atoms with van der Waals surface area (Å²) in [6.45, 7) is 2.12. The van der Waals surface area contributed by atoms with Crippen LogP contribution in [-0.2, 0) is 22.6 Å². The van der Waals surface area contributed by atoms with Crippen molar-refractivity contribution in [2.45, 2.75) is 37.8 Å². The van der Waals surface area contributed by atoms with Gasteiger partial charge < -0.3 is 19.1 Å². The molecule has 0 aromatic heterocycles. The first kappa shape index (κ1) is 26.7. The van der Waals surface area contributed by atoms with Crippen molar-refractivity contribution < 1.29 is 37.0 Å². The number of alkyl halides is 3. The number of amides is 3. The maximum atomic E-state index is 13.7. The molecular weight excluding hydrogens is 491 g/mol. The number of likely N-dealkylation sites (tertiary alicyclic amines) is 1. The largest absolute Gasteiger partial charge is 0.573 e. The monoisotopic (exact) mass is 521 g/mol. The van der Waals surface area contributed by atoms with E-state index in [-0.39, 0.29) is 30.8 Å². The van der Waals surface area contributed by atoms with Crippen molar-refractivity contribution in [3.8, 4) is 11.5 Å². The number of methoxy groups -OCH3 is 2. The minimum absolute atomic E-state index is 0.135. The first-order chi connectivity index (χ1) is 17.6. The van der Waals surface area contributed by atoms with Gasteiger partial charge in [-0.25, -0.2) is 4.79 Å². The summed E-state index contributed by atoms with van der Waals surface area (Å²) in [4.78, 5) is 32.1. The molecule has 0 unspecified atom stereocenters. The van der Waals surface area contributed by atoms with E-state index in [0.717, 1.165) is 5.56 Å². The van der Waals surface area contributed by atoms with Gasteiger partial charge in [0.15, 0.2) is 0 Å². The molecule has 11 heteroatoms. The van der Waals surface area contributed by atoms with Gasteiger partial charge in [-0.2, -0.15) is 0 Å². The van der Waals surface area contributed by atoms with Gasteiger partial charge in [0.1, 0.15) is 17.0 Å². The molecule has 2 aliphatic heterocycles. The van der Waals surface area contributed by atoms with E-state index in [1.807, 2.05) is 12.1 Å². The lowest BCUT2D eigenvalue weighted by molar-refractivity contribution is -0.274. The Labute approximate surface area is 213 Å². The molecule has 37 heavy (non-hydrogen) atoms. The zero-order valence-electron chi connectivity index (χ0n) is 20.8. The molecule has 4 rings (SSSR count). The van der Waals surface area contributed by atoms with Gasteiger partial charge in [0.2, 0.25) is 0 Å². The molecule has 2 aromatic carbocycles. The van der Waals surface area contributed by atoms with Gasteiger partial charge in [-0.05, 0) is 48.2 Å². The fourth-order valence-electron chi connectivity index (χ4n) is 5.03. The van der Waals surface area contributed by atoms with Crippen LogP contribution in [0, 0.1) is 0 Å². The topological polar surface area (TPSA) is 71.6 Å². The van der Waals surface area contributed by atoms with E-state index in [0.29, 0.717) is 50.4 Å². The highest BCUT2D eigenvalue weighted by molar-refractivity contribution is 6.07. The number of hydrogen-bond acceptors (Lipinski definition) is 6. The molecular formula is C26H30F3N3O5. The van der Waals surface area contributed by atoms with Gasteiger partial charge in [-0.15, -0.1) is 13.2 Å². The van der Waals surface area contributed by atoms with Crippen LogP contribution in [0.1, 0.15) is 24.0 Å². The van der Waals surface area contributed by atoms with E-state index in [2.05, 4.69) is 9.64 Å². The highest BCUT2D eigenvalue weighted by Gasteiger charge is 2.57. The molecule has 0 bridgehead atoms. The molecule has 3 amide bonds. The second-order valence-electron chi connectivity index (χ2n) is 9.17. The molecule has 2 aliphatic rings. The second-order valence-corrected chi connectivity index (χ2v) is 9.17. The highest BCUT2D eigenvalue weighted by atomic mass is 19.4. The number of benzene rings is 2. The minimum Gasteiger partial charge on any atom is -0.497 e. The molecule has 0 saturated carbocycles. The van der Waals surface area contributed by atoms with Crippen molar-refractivity contribution >= 4 is 11.9 Å². The van der Waals surface area contributed by atoms with Crippen LogP contribution < -0.4 is 9.47 Å². The van der Waals surface area contributed by atoms with Crippen LogP contribution in [0.2, 0.25) is 0 Å². The van der Waals surface area contributed by atoms with Gasteiger partial charge >= 0.3 is 12.4 Å². The number of carbonyl (C=O) groups excluding carboxylic acids is 2. The molecule has 0 radical (unpaired) electrons. The number of carbonyl (C=O) groups is 2. The van der Waals surface area contributed by atoms with Gasteiger partial charge in [-0.1, -0.05) is 24.3 Å². The smallest absolute Gasteiger partial charge is 0.497 e. The maximum absolute atomic E-state index is 13.7. The van der Waals surface area contributed by atoms with Crippen molar-refractivity contribution in [3.63, 3.8) is 0 Å². The average Bonchev–Trinajstić information content (AvgIpc) is 3.04. The quantitative estimate of drug-likeness (QED) is 0.464. The Balaban J connectivity index is 1.47. The van der Waals surface area contributed by atoms with E-state index >= 15 is 0 Å². The highest BCUT2D eigenvalue weighted by Crippen LogP contribution is 2.38. The van der Waals surface area contributed by atoms with Gasteiger partial charge in [0.05, 0.1) is 20.3 Å². The Morgan fingerprint density at radius 1 is 0.919 bits per heavy atom. The Morgan fingerprint density at radius 2 is 1.54 bits per heavy atom. The molecule has 2 fully saturated rings. The number of ether oxygens (including phenoxy) is 3. The van der Waals surface area contributed by atoms with Crippen molar-refractivity contribution in [1.82, 2.24) is 14.7 Å². The zero-order chi connectivity index (χ0) is 26.6. The number of urea groups is 1. The van der Waals surface area contributed by atoms with E-state index in [1.54, 1.807) is 37.3 Å². The first-order valence-electron chi connectivity index (χ1n) is 12.0. The maximum Gasteiger partial charge on any atom is 0.573 e. The molecule has 0 N–H and O–H groups in total. The summed E-state index contributed by atoms with van der Waals surface area (Å²) < 4.78 is 52.3. The van der Waals surface area contributed by atoms with E-state index in [1.165, 1.54) is 23.1 Å². The second kappa shape index (κ2) is 11.0. The van der Waals surface area contributed by atoms with Gasteiger partial charge in [0, 0.05) is 33.3 Å². The predicted molar refractivity (Wildman–Crippen MR) is 128 cm³/mol. The predicted octanol–water partition coefficient (Wildman–Crippen LogP) is 4.04. The number of halogens is 3. The third-order valence-corrected chi connectivity index (χ3v) is 6.84. The summed E-state index contributed by atoms with van der Waals surface area (Å²) >= 11 is 0. The lowest BCUT2D eigenvalue weighted by atomic mass is 9.85. The zero-order valence-corrected chi connectivity index (χ0v) is 20.8. The molecule has 200 valence electrons. The fraction of sp³-hybridized carbons (Fsp3) is 0.462. The first-order valence-corrected chi connectivity index (χ1v) is 12.0. The van der Waals surface area contributed by atoms with Crippen LogP contribution in [0.5, 0.6) is 11.5 Å². The van der Waals surface area contributed by atoms with Crippen LogP contribution in [0.4, 0.5) is 18.0 Å². The minimum atomic E-state index is -4.76. The van der Waals surface area contributed by atoms with Gasteiger partial charge in [0.25, 0.3) is 5.91 Å². The molecule has 1 spiro atoms. The summed E-state index contributed by atoms with van der Waals surface area (Å²) in [5.41, 5.74) is 0.470. The summed E-state index contributed by atoms with van der Waals surface area (Å²) in [6, 6.07) is 12.8. The van der Waals surface area contributed by atoms with Crippen LogP contribution >= 0.6 is 0 Å². The van der Waals surface area contributed by atoms with Crippen LogP contribution in [0.25, 0.3) is 0 Å².